The van der Waals surface area contributed by atoms with E-state index in [1.54, 1.807) is 0 Å². The van der Waals surface area contributed by atoms with Crippen molar-refractivity contribution in [1.82, 2.24) is 10.4 Å². The molecule has 21 heavy (non-hydrogen) atoms. The lowest BCUT2D eigenvalue weighted by Gasteiger charge is -2.28. The Kier molecular flexibility index (Phi) is 3.80. The molecule has 1 N–H and O–H groups in total. The van der Waals surface area contributed by atoms with Crippen LogP contribution < -0.4 is 5.32 Å². The molecule has 0 spiro atoms. The highest BCUT2D eigenvalue weighted by Crippen LogP contribution is 2.37. The van der Waals surface area contributed by atoms with Gasteiger partial charge in [-0.3, -0.25) is 0 Å². The van der Waals surface area contributed by atoms with E-state index in [1.165, 1.54) is 5.06 Å². The van der Waals surface area contributed by atoms with Gasteiger partial charge in [0.25, 0.3) is 0 Å². The standard InChI is InChI=1S/C15H18F2N2O2/c16-15(17)8-6-11(7-9-15)10-18-14(20)19-13(21-19)12-4-2-1-3-5-12/h1-5,11,13H,6-10H2,(H,18,20). The number of alkyl halides is 2. The Balaban J connectivity index is 1.42. The highest BCUT2D eigenvalue weighted by atomic mass is 19.3. The summed E-state index contributed by atoms with van der Waals surface area (Å²) in [7, 11) is 0. The fraction of sp³-hybridized carbons (Fsp3) is 0.533. The molecule has 0 radical (unpaired) electrons. The second-order valence-electron chi connectivity index (χ2n) is 5.68. The van der Waals surface area contributed by atoms with Gasteiger partial charge in [0.2, 0.25) is 12.2 Å². The predicted molar refractivity (Wildman–Crippen MR) is 72.4 cm³/mol. The SMILES string of the molecule is O=C(NCC1CCC(F)(F)CC1)N1OC1c1ccccc1. The van der Waals surface area contributed by atoms with Crippen LogP contribution in [0.5, 0.6) is 0 Å². The lowest BCUT2D eigenvalue weighted by atomic mass is 9.87. The van der Waals surface area contributed by atoms with Gasteiger partial charge in [0.15, 0.2) is 0 Å². The number of nitrogens with zero attached hydrogens (tertiary/aromatic N) is 1. The summed E-state index contributed by atoms with van der Waals surface area (Å²) in [5, 5.41) is 4.03. The third-order valence-electron chi connectivity index (χ3n) is 4.04. The van der Waals surface area contributed by atoms with Crippen molar-refractivity contribution < 1.29 is 18.4 Å². The molecule has 1 saturated heterocycles. The molecule has 0 aromatic heterocycles. The van der Waals surface area contributed by atoms with E-state index in [-0.39, 0.29) is 31.0 Å². The van der Waals surface area contributed by atoms with Gasteiger partial charge in [-0.05, 0) is 18.8 Å². The third-order valence-corrected chi connectivity index (χ3v) is 4.04. The van der Waals surface area contributed by atoms with Crippen LogP contribution in [0.1, 0.15) is 37.5 Å². The molecule has 2 aliphatic rings. The van der Waals surface area contributed by atoms with Crippen LogP contribution in [0, 0.1) is 5.92 Å². The molecule has 1 saturated carbocycles. The molecule has 114 valence electrons. The second kappa shape index (κ2) is 5.60. The summed E-state index contributed by atoms with van der Waals surface area (Å²) >= 11 is 0. The van der Waals surface area contributed by atoms with Crippen molar-refractivity contribution in [3.8, 4) is 0 Å². The lowest BCUT2D eigenvalue weighted by Crippen LogP contribution is -2.36. The number of urea groups is 1. The Labute approximate surface area is 122 Å². The monoisotopic (exact) mass is 296 g/mol. The maximum absolute atomic E-state index is 13.0. The van der Waals surface area contributed by atoms with E-state index >= 15 is 0 Å². The topological polar surface area (TPSA) is 44.6 Å². The Morgan fingerprint density at radius 3 is 2.62 bits per heavy atom. The van der Waals surface area contributed by atoms with Gasteiger partial charge in [0, 0.05) is 24.9 Å². The fourth-order valence-electron chi connectivity index (χ4n) is 2.66. The Hall–Kier alpha value is -1.69. The summed E-state index contributed by atoms with van der Waals surface area (Å²) in [6.07, 6.45) is 0.412. The van der Waals surface area contributed by atoms with E-state index in [1.807, 2.05) is 30.3 Å². The van der Waals surface area contributed by atoms with E-state index in [0.29, 0.717) is 19.4 Å². The molecule has 2 amide bonds. The van der Waals surface area contributed by atoms with Crippen LogP contribution in [0.15, 0.2) is 30.3 Å². The number of hydrogen-bond donors (Lipinski definition) is 1. The van der Waals surface area contributed by atoms with Crippen molar-refractivity contribution in [3.05, 3.63) is 35.9 Å². The third kappa shape index (κ3) is 3.50. The summed E-state index contributed by atoms with van der Waals surface area (Å²) < 4.78 is 26.1. The van der Waals surface area contributed by atoms with Gasteiger partial charge in [0.1, 0.15) is 0 Å². The maximum Gasteiger partial charge on any atom is 0.344 e. The van der Waals surface area contributed by atoms with E-state index in [4.69, 9.17) is 4.84 Å². The van der Waals surface area contributed by atoms with Crippen molar-refractivity contribution in [1.29, 1.82) is 0 Å². The van der Waals surface area contributed by atoms with Crippen LogP contribution in [0.25, 0.3) is 0 Å². The lowest BCUT2D eigenvalue weighted by molar-refractivity contribution is -0.0452. The van der Waals surface area contributed by atoms with E-state index in [2.05, 4.69) is 5.32 Å². The van der Waals surface area contributed by atoms with Crippen LogP contribution in [0.2, 0.25) is 0 Å². The van der Waals surface area contributed by atoms with Crippen LogP contribution in [0.3, 0.4) is 0 Å². The molecule has 1 aliphatic heterocycles. The van der Waals surface area contributed by atoms with Gasteiger partial charge in [0.05, 0.1) is 0 Å². The minimum absolute atomic E-state index is 0.0829. The molecule has 1 aliphatic carbocycles. The van der Waals surface area contributed by atoms with Gasteiger partial charge < -0.3 is 5.32 Å². The van der Waals surface area contributed by atoms with Crippen LogP contribution in [-0.2, 0) is 4.84 Å². The number of rotatable bonds is 3. The van der Waals surface area contributed by atoms with E-state index in [9.17, 15) is 13.6 Å². The summed E-state index contributed by atoms with van der Waals surface area (Å²) in [5.41, 5.74) is 0.921. The second-order valence-corrected chi connectivity index (χ2v) is 5.68. The number of hydroxylamine groups is 2. The molecule has 1 unspecified atom stereocenters. The van der Waals surface area contributed by atoms with Gasteiger partial charge in [-0.2, -0.15) is 5.06 Å². The molecule has 1 aromatic rings. The number of benzene rings is 1. The molecule has 0 bridgehead atoms. The van der Waals surface area contributed by atoms with Crippen molar-refractivity contribution in [2.75, 3.05) is 6.54 Å². The number of halogens is 2. The predicted octanol–water partition coefficient (Wildman–Crippen LogP) is 3.47. The molecule has 1 heterocycles. The van der Waals surface area contributed by atoms with Crippen molar-refractivity contribution in [2.24, 2.45) is 5.92 Å². The van der Waals surface area contributed by atoms with E-state index in [0.717, 1.165) is 5.56 Å². The van der Waals surface area contributed by atoms with Crippen molar-refractivity contribution >= 4 is 6.03 Å². The quantitative estimate of drug-likeness (QED) is 0.868. The molecule has 6 heteroatoms. The first-order chi connectivity index (χ1) is 10.1. The first kappa shape index (κ1) is 14.3. The molecular weight excluding hydrogens is 278 g/mol. The van der Waals surface area contributed by atoms with Crippen molar-refractivity contribution in [2.45, 2.75) is 37.8 Å². The molecule has 4 nitrogen and oxygen atoms in total. The maximum atomic E-state index is 13.0. The first-order valence-electron chi connectivity index (χ1n) is 7.22. The molecular formula is C15H18F2N2O2. The largest absolute Gasteiger partial charge is 0.344 e. The molecule has 1 aromatic carbocycles. The smallest absolute Gasteiger partial charge is 0.336 e. The summed E-state index contributed by atoms with van der Waals surface area (Å²) in [6, 6.07) is 9.14. The van der Waals surface area contributed by atoms with Crippen LogP contribution in [-0.4, -0.2) is 23.6 Å². The van der Waals surface area contributed by atoms with Crippen molar-refractivity contribution in [3.63, 3.8) is 0 Å². The minimum Gasteiger partial charge on any atom is -0.336 e. The average molecular weight is 296 g/mol. The average Bonchev–Trinajstić information content (AvgIpc) is 3.27. The first-order valence-corrected chi connectivity index (χ1v) is 7.22. The highest BCUT2D eigenvalue weighted by Gasteiger charge is 2.43. The highest BCUT2D eigenvalue weighted by molar-refractivity contribution is 5.74. The van der Waals surface area contributed by atoms with Gasteiger partial charge in [-0.15, -0.1) is 0 Å². The zero-order chi connectivity index (χ0) is 14.9. The number of amides is 2. The normalized spacial score (nSPS) is 24.7. The number of carbonyl (C=O) groups is 1. The summed E-state index contributed by atoms with van der Waals surface area (Å²) in [5.74, 6) is -2.40. The van der Waals surface area contributed by atoms with Crippen LogP contribution >= 0.6 is 0 Å². The zero-order valence-electron chi connectivity index (χ0n) is 11.6. The number of nitrogens with one attached hydrogen (secondary N) is 1. The Morgan fingerprint density at radius 1 is 1.29 bits per heavy atom. The Bertz CT molecular complexity index is 500. The molecule has 1 atom stereocenters. The minimum atomic E-state index is -2.53. The molecule has 3 rings (SSSR count). The van der Waals surface area contributed by atoms with Crippen LogP contribution in [0.4, 0.5) is 13.6 Å². The fourth-order valence-corrected chi connectivity index (χ4v) is 2.66. The number of hydrogen-bond acceptors (Lipinski definition) is 2. The number of carbonyl (C=O) groups excluding carboxylic acids is 1. The van der Waals surface area contributed by atoms with Gasteiger partial charge in [-0.1, -0.05) is 30.3 Å². The zero-order valence-corrected chi connectivity index (χ0v) is 11.6. The Morgan fingerprint density at radius 2 is 1.95 bits per heavy atom. The van der Waals surface area contributed by atoms with Gasteiger partial charge >= 0.3 is 6.03 Å². The summed E-state index contributed by atoms with van der Waals surface area (Å²) in [4.78, 5) is 17.1. The summed E-state index contributed by atoms with van der Waals surface area (Å²) in [6.45, 7) is 0.427. The van der Waals surface area contributed by atoms with E-state index < -0.39 is 5.92 Å². The van der Waals surface area contributed by atoms with Gasteiger partial charge in [-0.25, -0.2) is 18.4 Å². The molecule has 2 fully saturated rings.